The summed E-state index contributed by atoms with van der Waals surface area (Å²) < 4.78 is 6.91. The van der Waals surface area contributed by atoms with E-state index in [1.165, 1.54) is 36.8 Å². The van der Waals surface area contributed by atoms with E-state index in [0.29, 0.717) is 0 Å². The van der Waals surface area contributed by atoms with Gasteiger partial charge < -0.3 is 10.1 Å². The molecule has 0 amide bonds. The third-order valence-electron chi connectivity index (χ3n) is 3.50. The predicted molar refractivity (Wildman–Crippen MR) is 83.1 cm³/mol. The highest BCUT2D eigenvalue weighted by molar-refractivity contribution is 9.10. The fourth-order valence-corrected chi connectivity index (χ4v) is 2.61. The van der Waals surface area contributed by atoms with Crippen LogP contribution in [-0.2, 0) is 17.9 Å². The van der Waals surface area contributed by atoms with E-state index in [1.807, 2.05) is 0 Å². The Hall–Kier alpha value is -0.380. The van der Waals surface area contributed by atoms with Gasteiger partial charge in [0.15, 0.2) is 0 Å². The van der Waals surface area contributed by atoms with Gasteiger partial charge in [-0.15, -0.1) is 0 Å². The van der Waals surface area contributed by atoms with Crippen LogP contribution in [0.25, 0.3) is 0 Å². The Morgan fingerprint density at radius 1 is 1.37 bits per heavy atom. The zero-order valence-electron chi connectivity index (χ0n) is 11.8. The smallest absolute Gasteiger partial charge is 0.0727 e. The molecule has 0 heterocycles. The molecular formula is C16H24BrNO. The fraction of sp³-hybridized carbons (Fsp3) is 0.625. The van der Waals surface area contributed by atoms with E-state index in [0.717, 1.165) is 36.7 Å². The maximum atomic E-state index is 5.74. The van der Waals surface area contributed by atoms with Crippen molar-refractivity contribution in [1.29, 1.82) is 0 Å². The zero-order chi connectivity index (χ0) is 13.5. The molecule has 1 N–H and O–H groups in total. The Morgan fingerprint density at radius 2 is 2.21 bits per heavy atom. The Kier molecular flexibility index (Phi) is 6.35. The van der Waals surface area contributed by atoms with Crippen LogP contribution in [0.5, 0.6) is 0 Å². The zero-order valence-corrected chi connectivity index (χ0v) is 13.3. The van der Waals surface area contributed by atoms with E-state index < -0.39 is 0 Å². The first kappa shape index (κ1) is 15.0. The highest BCUT2D eigenvalue weighted by Crippen LogP contribution is 2.32. The number of halogens is 1. The van der Waals surface area contributed by atoms with Gasteiger partial charge in [0, 0.05) is 17.6 Å². The van der Waals surface area contributed by atoms with Gasteiger partial charge in [0.25, 0.3) is 0 Å². The third kappa shape index (κ3) is 5.64. The molecule has 1 fully saturated rings. The quantitative estimate of drug-likeness (QED) is 0.685. The van der Waals surface area contributed by atoms with Crippen LogP contribution in [0.3, 0.4) is 0 Å². The SMILES string of the molecule is CCCNCc1ccc(COCCC2CC2)c(Br)c1. The second-order valence-electron chi connectivity index (χ2n) is 5.39. The van der Waals surface area contributed by atoms with Crippen LogP contribution in [0.2, 0.25) is 0 Å². The summed E-state index contributed by atoms with van der Waals surface area (Å²) in [6, 6.07) is 6.55. The van der Waals surface area contributed by atoms with E-state index in [1.54, 1.807) is 0 Å². The molecule has 2 rings (SSSR count). The second kappa shape index (κ2) is 8.03. The van der Waals surface area contributed by atoms with E-state index in [9.17, 15) is 0 Å². The lowest BCUT2D eigenvalue weighted by Crippen LogP contribution is -2.13. The lowest BCUT2D eigenvalue weighted by atomic mass is 10.1. The van der Waals surface area contributed by atoms with E-state index in [4.69, 9.17) is 4.74 Å². The first-order chi connectivity index (χ1) is 9.29. The minimum absolute atomic E-state index is 0.718. The fourth-order valence-electron chi connectivity index (χ4n) is 2.07. The molecule has 19 heavy (non-hydrogen) atoms. The average molecular weight is 326 g/mol. The number of hydrogen-bond acceptors (Lipinski definition) is 2. The van der Waals surface area contributed by atoms with Gasteiger partial charge in [0.05, 0.1) is 6.61 Å². The van der Waals surface area contributed by atoms with Crippen LogP contribution >= 0.6 is 15.9 Å². The number of rotatable bonds is 9. The van der Waals surface area contributed by atoms with Crippen LogP contribution in [0.15, 0.2) is 22.7 Å². The highest BCUT2D eigenvalue weighted by atomic mass is 79.9. The maximum absolute atomic E-state index is 5.74. The summed E-state index contributed by atoms with van der Waals surface area (Å²) in [5, 5.41) is 3.42. The molecule has 0 aliphatic heterocycles. The summed E-state index contributed by atoms with van der Waals surface area (Å²) >= 11 is 3.64. The molecule has 2 nitrogen and oxygen atoms in total. The third-order valence-corrected chi connectivity index (χ3v) is 4.24. The van der Waals surface area contributed by atoms with Crippen LogP contribution in [0.1, 0.15) is 43.7 Å². The van der Waals surface area contributed by atoms with Crippen molar-refractivity contribution in [1.82, 2.24) is 5.32 Å². The standard InChI is InChI=1S/C16H24BrNO/c1-2-8-18-11-14-5-6-15(16(17)10-14)12-19-9-7-13-3-4-13/h5-6,10,13,18H,2-4,7-9,11-12H2,1H3. The van der Waals surface area contributed by atoms with Gasteiger partial charge in [-0.2, -0.15) is 0 Å². The molecule has 0 unspecified atom stereocenters. The van der Waals surface area contributed by atoms with Crippen LogP contribution < -0.4 is 5.32 Å². The van der Waals surface area contributed by atoms with Crippen molar-refractivity contribution in [3.05, 3.63) is 33.8 Å². The summed E-state index contributed by atoms with van der Waals surface area (Å²) in [7, 11) is 0. The van der Waals surface area contributed by atoms with E-state index in [-0.39, 0.29) is 0 Å². The van der Waals surface area contributed by atoms with Crippen molar-refractivity contribution in [2.24, 2.45) is 5.92 Å². The van der Waals surface area contributed by atoms with Crippen LogP contribution in [0, 0.1) is 5.92 Å². The number of benzene rings is 1. The lowest BCUT2D eigenvalue weighted by Gasteiger charge is -2.09. The predicted octanol–water partition coefficient (Wildman–Crippen LogP) is 4.27. The lowest BCUT2D eigenvalue weighted by molar-refractivity contribution is 0.114. The molecule has 1 saturated carbocycles. The maximum Gasteiger partial charge on any atom is 0.0727 e. The molecule has 0 spiro atoms. The minimum atomic E-state index is 0.718. The summed E-state index contributed by atoms with van der Waals surface area (Å²) in [6.07, 6.45) is 5.23. The Morgan fingerprint density at radius 3 is 2.89 bits per heavy atom. The largest absolute Gasteiger partial charge is 0.377 e. The molecule has 1 aromatic rings. The molecule has 0 aromatic heterocycles. The summed E-state index contributed by atoms with van der Waals surface area (Å²) in [5.74, 6) is 0.954. The number of hydrogen-bond donors (Lipinski definition) is 1. The van der Waals surface area contributed by atoms with Gasteiger partial charge in [-0.25, -0.2) is 0 Å². The molecule has 0 radical (unpaired) electrons. The average Bonchev–Trinajstić information content (AvgIpc) is 3.21. The summed E-state index contributed by atoms with van der Waals surface area (Å²) in [5.41, 5.74) is 2.57. The number of nitrogens with one attached hydrogen (secondary N) is 1. The molecule has 0 bridgehead atoms. The van der Waals surface area contributed by atoms with Crippen molar-refractivity contribution < 1.29 is 4.74 Å². The summed E-state index contributed by atoms with van der Waals surface area (Å²) in [4.78, 5) is 0. The van der Waals surface area contributed by atoms with Crippen molar-refractivity contribution in [2.45, 2.75) is 45.8 Å². The van der Waals surface area contributed by atoms with Gasteiger partial charge in [-0.3, -0.25) is 0 Å². The molecule has 1 aromatic carbocycles. The summed E-state index contributed by atoms with van der Waals surface area (Å²) in [6.45, 7) is 5.82. The highest BCUT2D eigenvalue weighted by Gasteiger charge is 2.20. The molecule has 1 aliphatic rings. The minimum Gasteiger partial charge on any atom is -0.377 e. The van der Waals surface area contributed by atoms with Crippen LogP contribution in [-0.4, -0.2) is 13.2 Å². The molecule has 106 valence electrons. The molecule has 3 heteroatoms. The second-order valence-corrected chi connectivity index (χ2v) is 6.24. The molecule has 0 atom stereocenters. The van der Waals surface area contributed by atoms with Gasteiger partial charge in [-0.1, -0.05) is 47.8 Å². The Bertz CT molecular complexity index is 390. The van der Waals surface area contributed by atoms with Gasteiger partial charge in [0.2, 0.25) is 0 Å². The van der Waals surface area contributed by atoms with Gasteiger partial charge >= 0.3 is 0 Å². The van der Waals surface area contributed by atoms with E-state index >= 15 is 0 Å². The number of ether oxygens (including phenoxy) is 1. The molecule has 0 saturated heterocycles. The Labute approximate surface area is 125 Å². The first-order valence-corrected chi connectivity index (χ1v) is 8.14. The Balaban J connectivity index is 1.73. The van der Waals surface area contributed by atoms with E-state index in [2.05, 4.69) is 46.4 Å². The van der Waals surface area contributed by atoms with Crippen molar-refractivity contribution >= 4 is 15.9 Å². The topological polar surface area (TPSA) is 21.3 Å². The van der Waals surface area contributed by atoms with Crippen molar-refractivity contribution in [3.63, 3.8) is 0 Å². The van der Waals surface area contributed by atoms with Crippen LogP contribution in [0.4, 0.5) is 0 Å². The van der Waals surface area contributed by atoms with Crippen molar-refractivity contribution in [3.8, 4) is 0 Å². The van der Waals surface area contributed by atoms with Crippen molar-refractivity contribution in [2.75, 3.05) is 13.2 Å². The monoisotopic (exact) mass is 325 g/mol. The normalized spacial score (nSPS) is 14.8. The first-order valence-electron chi connectivity index (χ1n) is 7.35. The molecular weight excluding hydrogens is 302 g/mol. The molecule has 1 aliphatic carbocycles. The van der Waals surface area contributed by atoms with Gasteiger partial charge in [-0.05, 0) is 42.5 Å². The van der Waals surface area contributed by atoms with Gasteiger partial charge in [0.1, 0.15) is 0 Å².